The number of para-hydroxylation sites is 1. The molecule has 0 spiro atoms. The van der Waals surface area contributed by atoms with Gasteiger partial charge in [0.15, 0.2) is 5.96 Å². The third kappa shape index (κ3) is 4.73. The average molecular weight is 401 g/mol. The van der Waals surface area contributed by atoms with Crippen LogP contribution in [0.15, 0.2) is 29.3 Å². The van der Waals surface area contributed by atoms with Gasteiger partial charge in [0, 0.05) is 38.5 Å². The first-order valence-corrected chi connectivity index (χ1v) is 10.9. The second-order valence-corrected chi connectivity index (χ2v) is 7.85. The fraction of sp³-hybridized carbons (Fsp3) is 0.636. The molecule has 3 aliphatic rings. The molecule has 2 saturated heterocycles. The smallest absolute Gasteiger partial charge is 0.248 e. The number of ether oxygens (including phenoxy) is 2. The van der Waals surface area contributed by atoms with Gasteiger partial charge >= 0.3 is 0 Å². The summed E-state index contributed by atoms with van der Waals surface area (Å²) in [4.78, 5) is 21.7. The van der Waals surface area contributed by atoms with Gasteiger partial charge in [0.25, 0.3) is 0 Å². The van der Waals surface area contributed by atoms with Crippen LogP contribution in [0.25, 0.3) is 0 Å². The first kappa shape index (κ1) is 20.2. The van der Waals surface area contributed by atoms with Gasteiger partial charge < -0.3 is 24.6 Å². The van der Waals surface area contributed by atoms with E-state index in [0.29, 0.717) is 6.61 Å². The third-order valence-corrected chi connectivity index (χ3v) is 5.88. The lowest BCUT2D eigenvalue weighted by Crippen LogP contribution is -2.53. The lowest BCUT2D eigenvalue weighted by molar-refractivity contribution is -0.117. The topological polar surface area (TPSA) is 66.4 Å². The number of hydrogen-bond acceptors (Lipinski definition) is 4. The fourth-order valence-corrected chi connectivity index (χ4v) is 4.43. The molecular formula is C22H32N4O3. The molecule has 1 aromatic carbocycles. The van der Waals surface area contributed by atoms with Gasteiger partial charge in [0.05, 0.1) is 12.7 Å². The van der Waals surface area contributed by atoms with Crippen LogP contribution >= 0.6 is 0 Å². The average Bonchev–Trinajstić information content (AvgIpc) is 3.31. The third-order valence-electron chi connectivity index (χ3n) is 5.88. The predicted octanol–water partition coefficient (Wildman–Crippen LogP) is 1.81. The highest BCUT2D eigenvalue weighted by Crippen LogP contribution is 2.26. The maximum Gasteiger partial charge on any atom is 0.248 e. The maximum absolute atomic E-state index is 13.0. The summed E-state index contributed by atoms with van der Waals surface area (Å²) in [5.41, 5.74) is 2.28. The summed E-state index contributed by atoms with van der Waals surface area (Å²) in [6, 6.07) is 8.18. The molecule has 7 heteroatoms. The van der Waals surface area contributed by atoms with E-state index < -0.39 is 0 Å². The van der Waals surface area contributed by atoms with Crippen LogP contribution in [0.1, 0.15) is 31.7 Å². The molecule has 2 atom stereocenters. The minimum absolute atomic E-state index is 0.0523. The molecule has 1 amide bonds. The first-order valence-electron chi connectivity index (χ1n) is 10.9. The number of nitrogens with one attached hydrogen (secondary N) is 1. The van der Waals surface area contributed by atoms with Crippen LogP contribution < -0.4 is 10.2 Å². The standard InChI is InChI=1S/C22H32N4O3/c1-2-23-22(25-12-14-29-20(16-25)19-10-6-13-28-19)24-15-21(27)26-11-5-8-17-7-3-4-9-18(17)26/h3-4,7,9,19-20H,2,5-6,8,10-16H2,1H3,(H,23,24). The van der Waals surface area contributed by atoms with E-state index in [2.05, 4.69) is 23.2 Å². The number of rotatable bonds is 4. The van der Waals surface area contributed by atoms with Gasteiger partial charge in [-0.15, -0.1) is 0 Å². The van der Waals surface area contributed by atoms with E-state index in [1.807, 2.05) is 23.1 Å². The number of fused-ring (bicyclic) bond motifs is 1. The van der Waals surface area contributed by atoms with Crippen molar-refractivity contribution in [1.29, 1.82) is 0 Å². The van der Waals surface area contributed by atoms with E-state index in [0.717, 1.165) is 70.1 Å². The zero-order valence-electron chi connectivity index (χ0n) is 17.3. The van der Waals surface area contributed by atoms with Crippen molar-refractivity contribution < 1.29 is 14.3 Å². The van der Waals surface area contributed by atoms with Gasteiger partial charge in [0.2, 0.25) is 5.91 Å². The molecule has 7 nitrogen and oxygen atoms in total. The van der Waals surface area contributed by atoms with Gasteiger partial charge in [-0.2, -0.15) is 0 Å². The summed E-state index contributed by atoms with van der Waals surface area (Å²) >= 11 is 0. The molecule has 0 aliphatic carbocycles. The zero-order valence-corrected chi connectivity index (χ0v) is 17.3. The molecule has 29 heavy (non-hydrogen) atoms. The summed E-state index contributed by atoms with van der Waals surface area (Å²) in [7, 11) is 0. The van der Waals surface area contributed by atoms with Crippen LogP contribution in [0.3, 0.4) is 0 Å². The lowest BCUT2D eigenvalue weighted by Gasteiger charge is -2.37. The Balaban J connectivity index is 1.42. The van der Waals surface area contributed by atoms with E-state index in [-0.39, 0.29) is 24.7 Å². The Labute approximate surface area is 173 Å². The molecule has 4 rings (SSSR count). The molecule has 0 aromatic heterocycles. The van der Waals surface area contributed by atoms with Crippen LogP contribution in [0.2, 0.25) is 0 Å². The van der Waals surface area contributed by atoms with E-state index in [1.165, 1.54) is 5.56 Å². The molecule has 3 aliphatic heterocycles. The van der Waals surface area contributed by atoms with E-state index >= 15 is 0 Å². The highest BCUT2D eigenvalue weighted by Gasteiger charge is 2.32. The summed E-state index contributed by atoms with van der Waals surface area (Å²) in [6.07, 6.45) is 4.43. The van der Waals surface area contributed by atoms with Gasteiger partial charge in [-0.05, 0) is 44.2 Å². The molecule has 158 valence electrons. The number of carbonyl (C=O) groups excluding carboxylic acids is 1. The van der Waals surface area contributed by atoms with Gasteiger partial charge in [-0.3, -0.25) is 4.79 Å². The second-order valence-electron chi connectivity index (χ2n) is 7.85. The van der Waals surface area contributed by atoms with Crippen molar-refractivity contribution in [1.82, 2.24) is 10.2 Å². The summed E-state index contributed by atoms with van der Waals surface area (Å²) in [5.74, 6) is 0.842. The number of benzene rings is 1. The number of hydrogen-bond donors (Lipinski definition) is 1. The number of aryl methyl sites for hydroxylation is 1. The Morgan fingerprint density at radius 1 is 1.17 bits per heavy atom. The second kappa shape index (κ2) is 9.59. The molecule has 1 N–H and O–H groups in total. The van der Waals surface area contributed by atoms with Gasteiger partial charge in [0.1, 0.15) is 12.6 Å². The number of carbonyl (C=O) groups is 1. The fourth-order valence-electron chi connectivity index (χ4n) is 4.43. The normalized spacial score (nSPS) is 25.1. The Hall–Kier alpha value is -2.12. The Kier molecular flexibility index (Phi) is 6.67. The minimum atomic E-state index is 0.0523. The van der Waals surface area contributed by atoms with Gasteiger partial charge in [-0.1, -0.05) is 18.2 Å². The van der Waals surface area contributed by atoms with Crippen LogP contribution in [-0.4, -0.2) is 74.9 Å². The van der Waals surface area contributed by atoms with Crippen molar-refractivity contribution in [3.63, 3.8) is 0 Å². The van der Waals surface area contributed by atoms with Crippen molar-refractivity contribution in [2.24, 2.45) is 4.99 Å². The van der Waals surface area contributed by atoms with Crippen LogP contribution in [0, 0.1) is 0 Å². The largest absolute Gasteiger partial charge is 0.375 e. The van der Waals surface area contributed by atoms with Crippen molar-refractivity contribution in [2.75, 3.05) is 50.8 Å². The number of anilines is 1. The molecular weight excluding hydrogens is 368 g/mol. The molecule has 2 unspecified atom stereocenters. The molecule has 0 saturated carbocycles. The van der Waals surface area contributed by atoms with Crippen molar-refractivity contribution in [3.8, 4) is 0 Å². The van der Waals surface area contributed by atoms with Gasteiger partial charge in [-0.25, -0.2) is 4.99 Å². The van der Waals surface area contributed by atoms with Crippen molar-refractivity contribution in [2.45, 2.75) is 44.8 Å². The Morgan fingerprint density at radius 3 is 2.86 bits per heavy atom. The number of aliphatic imine (C=N–C) groups is 1. The van der Waals surface area contributed by atoms with Crippen molar-refractivity contribution >= 4 is 17.6 Å². The van der Waals surface area contributed by atoms with E-state index in [4.69, 9.17) is 14.5 Å². The number of nitrogens with zero attached hydrogens (tertiary/aromatic N) is 3. The lowest BCUT2D eigenvalue weighted by atomic mass is 10.0. The van der Waals surface area contributed by atoms with Crippen LogP contribution in [0.5, 0.6) is 0 Å². The Bertz CT molecular complexity index is 733. The Morgan fingerprint density at radius 2 is 2.03 bits per heavy atom. The summed E-state index contributed by atoms with van der Waals surface area (Å²) < 4.78 is 11.8. The highest BCUT2D eigenvalue weighted by molar-refractivity contribution is 5.97. The van der Waals surface area contributed by atoms with E-state index in [9.17, 15) is 4.79 Å². The molecule has 3 heterocycles. The summed E-state index contributed by atoms with van der Waals surface area (Å²) in [5, 5.41) is 3.35. The number of morpholine rings is 1. The zero-order chi connectivity index (χ0) is 20.1. The molecule has 0 bridgehead atoms. The monoisotopic (exact) mass is 400 g/mol. The van der Waals surface area contributed by atoms with E-state index in [1.54, 1.807) is 0 Å². The van der Waals surface area contributed by atoms with Crippen LogP contribution in [0.4, 0.5) is 5.69 Å². The van der Waals surface area contributed by atoms with Crippen LogP contribution in [-0.2, 0) is 20.7 Å². The summed E-state index contributed by atoms with van der Waals surface area (Å²) in [6.45, 7) is 6.73. The van der Waals surface area contributed by atoms with Crippen molar-refractivity contribution in [3.05, 3.63) is 29.8 Å². The SMILES string of the molecule is CCNC(=NCC(=O)N1CCCc2ccccc21)N1CCOC(C2CCCO2)C1. The quantitative estimate of drug-likeness (QED) is 0.617. The predicted molar refractivity (Wildman–Crippen MR) is 113 cm³/mol. The highest BCUT2D eigenvalue weighted by atomic mass is 16.5. The molecule has 0 radical (unpaired) electrons. The number of amides is 1. The molecule has 1 aromatic rings. The maximum atomic E-state index is 13.0. The number of guanidine groups is 1. The molecule has 2 fully saturated rings. The first-order chi connectivity index (χ1) is 14.3. The minimum Gasteiger partial charge on any atom is -0.375 e.